The predicted molar refractivity (Wildman–Crippen MR) is 83.5 cm³/mol. The molecular formula is C17H23N3O. The molecule has 0 unspecified atom stereocenters. The molecule has 3 rings (SSSR count). The Bertz CT molecular complexity index is 553. The summed E-state index contributed by atoms with van der Waals surface area (Å²) in [5.74, 6) is 1.73. The first-order valence-electron chi connectivity index (χ1n) is 7.68. The van der Waals surface area contributed by atoms with Crippen molar-refractivity contribution in [2.45, 2.75) is 19.4 Å². The first-order valence-corrected chi connectivity index (χ1v) is 7.68. The van der Waals surface area contributed by atoms with Crippen molar-refractivity contribution in [2.75, 3.05) is 26.7 Å². The van der Waals surface area contributed by atoms with E-state index >= 15 is 0 Å². The summed E-state index contributed by atoms with van der Waals surface area (Å²) in [6.45, 7) is 3.91. The molecule has 0 saturated heterocycles. The lowest BCUT2D eigenvalue weighted by atomic mass is 9.96. The zero-order valence-corrected chi connectivity index (χ0v) is 12.6. The summed E-state index contributed by atoms with van der Waals surface area (Å²) in [5.41, 5.74) is 1.35. The lowest BCUT2D eigenvalue weighted by molar-refractivity contribution is 0.232. The molecule has 112 valence electrons. The molecule has 0 spiro atoms. The number of rotatable bonds is 5. The van der Waals surface area contributed by atoms with Gasteiger partial charge in [-0.15, -0.1) is 0 Å². The topological polar surface area (TPSA) is 30.3 Å². The predicted octanol–water partition coefficient (Wildman–Crippen LogP) is 2.46. The standard InChI is InChI=1S/C17H23N3O/c1-19(10-11-20-9-4-8-18-20)14-15-7-12-21-17-6-3-2-5-16(17)13-15/h2-6,8-9,15H,7,10-14H2,1H3/t15-/m1/s1. The Morgan fingerprint density at radius 1 is 1.33 bits per heavy atom. The third kappa shape index (κ3) is 3.85. The highest BCUT2D eigenvalue weighted by molar-refractivity contribution is 5.34. The van der Waals surface area contributed by atoms with Gasteiger partial charge in [0.05, 0.1) is 13.2 Å². The van der Waals surface area contributed by atoms with Gasteiger partial charge in [0.2, 0.25) is 0 Å². The van der Waals surface area contributed by atoms with Gasteiger partial charge in [-0.25, -0.2) is 0 Å². The van der Waals surface area contributed by atoms with Crippen LogP contribution >= 0.6 is 0 Å². The van der Waals surface area contributed by atoms with Crippen LogP contribution in [0.1, 0.15) is 12.0 Å². The van der Waals surface area contributed by atoms with E-state index < -0.39 is 0 Å². The normalized spacial score (nSPS) is 18.1. The molecule has 0 fully saturated rings. The van der Waals surface area contributed by atoms with E-state index in [2.05, 4.69) is 41.3 Å². The van der Waals surface area contributed by atoms with Gasteiger partial charge >= 0.3 is 0 Å². The maximum absolute atomic E-state index is 5.85. The van der Waals surface area contributed by atoms with Crippen molar-refractivity contribution >= 4 is 0 Å². The summed E-state index contributed by atoms with van der Waals surface area (Å²) in [6.07, 6.45) is 6.09. The van der Waals surface area contributed by atoms with Gasteiger partial charge in [-0.05, 0) is 43.5 Å². The van der Waals surface area contributed by atoms with Gasteiger partial charge < -0.3 is 9.64 Å². The zero-order chi connectivity index (χ0) is 14.5. The summed E-state index contributed by atoms with van der Waals surface area (Å²) in [7, 11) is 2.20. The molecule has 1 aliphatic heterocycles. The maximum atomic E-state index is 5.85. The molecule has 1 aliphatic rings. The number of benzene rings is 1. The minimum absolute atomic E-state index is 0.663. The minimum Gasteiger partial charge on any atom is -0.493 e. The maximum Gasteiger partial charge on any atom is 0.122 e. The van der Waals surface area contributed by atoms with E-state index in [9.17, 15) is 0 Å². The van der Waals surface area contributed by atoms with Gasteiger partial charge in [0.1, 0.15) is 5.75 Å². The van der Waals surface area contributed by atoms with Crippen LogP contribution in [0.4, 0.5) is 0 Å². The molecule has 1 aromatic carbocycles. The molecule has 0 radical (unpaired) electrons. The van der Waals surface area contributed by atoms with E-state index in [-0.39, 0.29) is 0 Å². The molecule has 21 heavy (non-hydrogen) atoms. The van der Waals surface area contributed by atoms with Crippen molar-refractivity contribution in [1.29, 1.82) is 0 Å². The number of para-hydroxylation sites is 1. The van der Waals surface area contributed by atoms with E-state index in [1.54, 1.807) is 0 Å². The van der Waals surface area contributed by atoms with Crippen LogP contribution in [-0.2, 0) is 13.0 Å². The number of likely N-dealkylation sites (N-methyl/N-ethyl adjacent to an activating group) is 1. The third-order valence-corrected chi connectivity index (χ3v) is 4.10. The van der Waals surface area contributed by atoms with Crippen LogP contribution in [0.2, 0.25) is 0 Å². The van der Waals surface area contributed by atoms with Gasteiger partial charge in [-0.3, -0.25) is 4.68 Å². The molecule has 2 heterocycles. The van der Waals surface area contributed by atoms with Crippen LogP contribution in [0.5, 0.6) is 5.75 Å². The van der Waals surface area contributed by atoms with Gasteiger partial charge in [-0.1, -0.05) is 18.2 Å². The monoisotopic (exact) mass is 285 g/mol. The average molecular weight is 285 g/mol. The Kier molecular flexibility index (Phi) is 4.55. The van der Waals surface area contributed by atoms with Gasteiger partial charge in [0.15, 0.2) is 0 Å². The molecule has 0 amide bonds. The molecule has 4 nitrogen and oxygen atoms in total. The second-order valence-electron chi connectivity index (χ2n) is 5.85. The SMILES string of the molecule is CN(CCn1cccn1)C[C@@H]1CCOc2ccccc2C1. The Hall–Kier alpha value is -1.81. The molecule has 0 saturated carbocycles. The Balaban J connectivity index is 1.52. The second kappa shape index (κ2) is 6.76. The number of hydrogen-bond donors (Lipinski definition) is 0. The first-order chi connectivity index (χ1) is 10.3. The number of nitrogens with zero attached hydrogens (tertiary/aromatic N) is 3. The molecule has 1 aromatic heterocycles. The molecule has 4 heteroatoms. The van der Waals surface area contributed by atoms with E-state index in [4.69, 9.17) is 4.74 Å². The molecule has 1 atom stereocenters. The first kappa shape index (κ1) is 14.1. The van der Waals surface area contributed by atoms with Gasteiger partial charge in [-0.2, -0.15) is 5.10 Å². The van der Waals surface area contributed by atoms with Crippen molar-refractivity contribution in [3.63, 3.8) is 0 Å². The largest absolute Gasteiger partial charge is 0.493 e. The molecule has 0 bridgehead atoms. The van der Waals surface area contributed by atoms with Crippen molar-refractivity contribution in [2.24, 2.45) is 5.92 Å². The van der Waals surface area contributed by atoms with Crippen molar-refractivity contribution in [3.05, 3.63) is 48.3 Å². The summed E-state index contributed by atoms with van der Waals surface area (Å²) in [5, 5.41) is 4.25. The summed E-state index contributed by atoms with van der Waals surface area (Å²) in [6, 6.07) is 10.4. The Labute approximate surface area is 126 Å². The van der Waals surface area contributed by atoms with E-state index in [0.29, 0.717) is 5.92 Å². The van der Waals surface area contributed by atoms with Crippen LogP contribution in [0.25, 0.3) is 0 Å². The quantitative estimate of drug-likeness (QED) is 0.845. The fourth-order valence-electron chi connectivity index (χ4n) is 2.96. The summed E-state index contributed by atoms with van der Waals surface area (Å²) >= 11 is 0. The highest BCUT2D eigenvalue weighted by atomic mass is 16.5. The smallest absolute Gasteiger partial charge is 0.122 e. The van der Waals surface area contributed by atoms with Crippen LogP contribution in [0, 0.1) is 5.92 Å². The van der Waals surface area contributed by atoms with E-state index in [1.807, 2.05) is 23.1 Å². The molecule has 2 aromatic rings. The van der Waals surface area contributed by atoms with E-state index in [1.165, 1.54) is 5.56 Å². The number of hydrogen-bond acceptors (Lipinski definition) is 3. The lowest BCUT2D eigenvalue weighted by Crippen LogP contribution is -2.30. The average Bonchev–Trinajstić information content (AvgIpc) is 2.92. The minimum atomic E-state index is 0.663. The molecule has 0 N–H and O–H groups in total. The van der Waals surface area contributed by atoms with Gasteiger partial charge in [0.25, 0.3) is 0 Å². The highest BCUT2D eigenvalue weighted by Gasteiger charge is 2.18. The summed E-state index contributed by atoms with van der Waals surface area (Å²) < 4.78 is 7.83. The summed E-state index contributed by atoms with van der Waals surface area (Å²) in [4.78, 5) is 2.40. The zero-order valence-electron chi connectivity index (χ0n) is 12.6. The van der Waals surface area contributed by atoms with Crippen LogP contribution in [0.3, 0.4) is 0 Å². The van der Waals surface area contributed by atoms with Crippen molar-refractivity contribution < 1.29 is 4.74 Å². The Morgan fingerprint density at radius 3 is 3.10 bits per heavy atom. The fraction of sp³-hybridized carbons (Fsp3) is 0.471. The van der Waals surface area contributed by atoms with E-state index in [0.717, 1.165) is 44.8 Å². The lowest BCUT2D eigenvalue weighted by Gasteiger charge is -2.22. The van der Waals surface area contributed by atoms with Crippen LogP contribution < -0.4 is 4.74 Å². The number of aromatic nitrogens is 2. The van der Waals surface area contributed by atoms with Crippen molar-refractivity contribution in [3.8, 4) is 5.75 Å². The van der Waals surface area contributed by atoms with Crippen molar-refractivity contribution in [1.82, 2.24) is 14.7 Å². The second-order valence-corrected chi connectivity index (χ2v) is 5.85. The van der Waals surface area contributed by atoms with Crippen LogP contribution in [0.15, 0.2) is 42.7 Å². The number of fused-ring (bicyclic) bond motifs is 1. The molecular weight excluding hydrogens is 262 g/mol. The molecule has 0 aliphatic carbocycles. The number of ether oxygens (including phenoxy) is 1. The fourth-order valence-corrected chi connectivity index (χ4v) is 2.96. The Morgan fingerprint density at radius 2 is 2.24 bits per heavy atom. The van der Waals surface area contributed by atoms with Gasteiger partial charge in [0, 0.05) is 25.5 Å². The highest BCUT2D eigenvalue weighted by Crippen LogP contribution is 2.26. The third-order valence-electron chi connectivity index (χ3n) is 4.10. The van der Waals surface area contributed by atoms with Crippen LogP contribution in [-0.4, -0.2) is 41.4 Å².